The number of methoxy groups -OCH3 is 1. The van der Waals surface area contributed by atoms with Gasteiger partial charge in [-0.2, -0.15) is 0 Å². The summed E-state index contributed by atoms with van der Waals surface area (Å²) in [4.78, 5) is 2.41. The molecule has 0 aromatic heterocycles. The largest absolute Gasteiger partial charge is 0.490 e. The molecule has 1 aliphatic rings. The fraction of sp³-hybridized carbons (Fsp3) is 0.600. The molecule has 0 radical (unpaired) electrons. The summed E-state index contributed by atoms with van der Waals surface area (Å²) in [7, 11) is 1.75. The molecule has 1 aliphatic heterocycles. The van der Waals surface area contributed by atoms with Gasteiger partial charge in [-0.25, -0.2) is 0 Å². The number of anilines is 1. The van der Waals surface area contributed by atoms with Crippen molar-refractivity contribution in [3.8, 4) is 5.75 Å². The van der Waals surface area contributed by atoms with Gasteiger partial charge in [-0.15, -0.1) is 0 Å². The van der Waals surface area contributed by atoms with E-state index in [4.69, 9.17) is 9.47 Å². The highest BCUT2D eigenvalue weighted by molar-refractivity contribution is 5.61. The molecule has 3 heteroatoms. The Kier molecular flexibility index (Phi) is 4.48. The maximum absolute atomic E-state index is 5.72. The first kappa shape index (κ1) is 13.2. The first-order valence-corrected chi connectivity index (χ1v) is 6.73. The van der Waals surface area contributed by atoms with Crippen LogP contribution in [0.15, 0.2) is 18.2 Å². The predicted octanol–water partition coefficient (Wildman–Crippen LogP) is 3.05. The molecule has 100 valence electrons. The molecule has 3 nitrogen and oxygen atoms in total. The summed E-state index contributed by atoms with van der Waals surface area (Å²) in [5, 5.41) is 0. The van der Waals surface area contributed by atoms with E-state index in [1.807, 2.05) is 0 Å². The van der Waals surface area contributed by atoms with Crippen LogP contribution in [0.5, 0.6) is 5.75 Å². The van der Waals surface area contributed by atoms with Crippen molar-refractivity contribution >= 4 is 5.69 Å². The molecule has 2 rings (SSSR count). The molecular formula is C15H23NO2. The van der Waals surface area contributed by atoms with Gasteiger partial charge >= 0.3 is 0 Å². The van der Waals surface area contributed by atoms with Crippen molar-refractivity contribution in [1.29, 1.82) is 0 Å². The molecule has 0 saturated carbocycles. The number of rotatable bonds is 5. The summed E-state index contributed by atoms with van der Waals surface area (Å²) >= 11 is 0. The van der Waals surface area contributed by atoms with Gasteiger partial charge in [0.25, 0.3) is 0 Å². The molecule has 0 aliphatic carbocycles. The highest BCUT2D eigenvalue weighted by atomic mass is 16.5. The summed E-state index contributed by atoms with van der Waals surface area (Å²) in [5.41, 5.74) is 2.61. The van der Waals surface area contributed by atoms with Gasteiger partial charge in [0.2, 0.25) is 0 Å². The lowest BCUT2D eigenvalue weighted by Crippen LogP contribution is -2.34. The molecule has 0 bridgehead atoms. The molecule has 0 fully saturated rings. The Morgan fingerprint density at radius 1 is 1.39 bits per heavy atom. The fourth-order valence-corrected chi connectivity index (χ4v) is 2.28. The molecule has 1 aromatic carbocycles. The summed E-state index contributed by atoms with van der Waals surface area (Å²) in [5.74, 6) is 1.57. The van der Waals surface area contributed by atoms with E-state index in [-0.39, 0.29) is 0 Å². The van der Waals surface area contributed by atoms with Gasteiger partial charge in [-0.3, -0.25) is 0 Å². The van der Waals surface area contributed by atoms with Crippen LogP contribution in [-0.2, 0) is 4.74 Å². The lowest BCUT2D eigenvalue weighted by Gasteiger charge is -2.32. The minimum absolute atomic E-state index is 0.554. The Labute approximate surface area is 110 Å². The SMILES string of the molecule is COCCCN1CCOc2ccc(C(C)C)cc21. The minimum Gasteiger partial charge on any atom is -0.490 e. The van der Waals surface area contributed by atoms with Gasteiger partial charge in [0.1, 0.15) is 12.4 Å². The molecule has 0 N–H and O–H groups in total. The number of hydrogen-bond acceptors (Lipinski definition) is 3. The van der Waals surface area contributed by atoms with Crippen molar-refractivity contribution in [3.63, 3.8) is 0 Å². The van der Waals surface area contributed by atoms with Crippen LogP contribution in [0.25, 0.3) is 0 Å². The van der Waals surface area contributed by atoms with E-state index < -0.39 is 0 Å². The van der Waals surface area contributed by atoms with Gasteiger partial charge in [0.05, 0.1) is 12.2 Å². The number of nitrogens with zero attached hydrogens (tertiary/aromatic N) is 1. The van der Waals surface area contributed by atoms with Crippen LogP contribution in [0.2, 0.25) is 0 Å². The number of fused-ring (bicyclic) bond motifs is 1. The number of hydrogen-bond donors (Lipinski definition) is 0. The summed E-state index contributed by atoms with van der Waals surface area (Å²) in [6, 6.07) is 6.54. The van der Waals surface area contributed by atoms with Crippen molar-refractivity contribution in [2.24, 2.45) is 0 Å². The zero-order chi connectivity index (χ0) is 13.0. The van der Waals surface area contributed by atoms with E-state index in [1.54, 1.807) is 7.11 Å². The van der Waals surface area contributed by atoms with E-state index in [0.29, 0.717) is 5.92 Å². The molecule has 0 amide bonds. The quantitative estimate of drug-likeness (QED) is 0.749. The van der Waals surface area contributed by atoms with E-state index in [1.165, 1.54) is 11.3 Å². The maximum Gasteiger partial charge on any atom is 0.142 e. The third-order valence-electron chi connectivity index (χ3n) is 3.39. The van der Waals surface area contributed by atoms with Crippen LogP contribution in [0.3, 0.4) is 0 Å². The zero-order valence-corrected chi connectivity index (χ0v) is 11.6. The van der Waals surface area contributed by atoms with Crippen LogP contribution in [0, 0.1) is 0 Å². The minimum atomic E-state index is 0.554. The normalized spacial score (nSPS) is 14.6. The molecule has 0 saturated heterocycles. The summed E-state index contributed by atoms with van der Waals surface area (Å²) in [6.07, 6.45) is 1.06. The van der Waals surface area contributed by atoms with Crippen LogP contribution in [0.1, 0.15) is 31.7 Å². The zero-order valence-electron chi connectivity index (χ0n) is 11.6. The molecular weight excluding hydrogens is 226 g/mol. The third kappa shape index (κ3) is 2.96. The number of benzene rings is 1. The van der Waals surface area contributed by atoms with Gasteiger partial charge in [-0.05, 0) is 30.0 Å². The topological polar surface area (TPSA) is 21.7 Å². The Balaban J connectivity index is 2.15. The standard InChI is InChI=1S/C15H23NO2/c1-12(2)13-5-6-15-14(11-13)16(8-10-18-15)7-4-9-17-3/h5-6,11-12H,4,7-10H2,1-3H3. The Morgan fingerprint density at radius 3 is 2.94 bits per heavy atom. The van der Waals surface area contributed by atoms with Crippen LogP contribution in [0.4, 0.5) is 5.69 Å². The second kappa shape index (κ2) is 6.10. The third-order valence-corrected chi connectivity index (χ3v) is 3.39. The van der Waals surface area contributed by atoms with E-state index in [0.717, 1.165) is 38.5 Å². The van der Waals surface area contributed by atoms with Crippen molar-refractivity contribution in [3.05, 3.63) is 23.8 Å². The molecule has 0 unspecified atom stereocenters. The number of ether oxygens (including phenoxy) is 2. The van der Waals surface area contributed by atoms with Crippen LogP contribution in [-0.4, -0.2) is 33.4 Å². The summed E-state index contributed by atoms with van der Waals surface area (Å²) in [6.45, 7) is 8.04. The molecule has 1 aromatic rings. The molecule has 0 atom stereocenters. The second-order valence-corrected chi connectivity index (χ2v) is 5.06. The van der Waals surface area contributed by atoms with Crippen molar-refractivity contribution in [2.45, 2.75) is 26.2 Å². The fourth-order valence-electron chi connectivity index (χ4n) is 2.28. The van der Waals surface area contributed by atoms with E-state index in [2.05, 4.69) is 36.9 Å². The smallest absolute Gasteiger partial charge is 0.142 e. The van der Waals surface area contributed by atoms with Gasteiger partial charge in [0, 0.05) is 20.3 Å². The van der Waals surface area contributed by atoms with Crippen molar-refractivity contribution in [1.82, 2.24) is 0 Å². The highest BCUT2D eigenvalue weighted by Gasteiger charge is 2.18. The first-order valence-electron chi connectivity index (χ1n) is 6.73. The lowest BCUT2D eigenvalue weighted by atomic mass is 10.0. The monoisotopic (exact) mass is 249 g/mol. The molecule has 1 heterocycles. The van der Waals surface area contributed by atoms with Crippen LogP contribution < -0.4 is 9.64 Å². The van der Waals surface area contributed by atoms with Gasteiger partial charge in [-0.1, -0.05) is 19.9 Å². The van der Waals surface area contributed by atoms with Crippen LogP contribution >= 0.6 is 0 Å². The van der Waals surface area contributed by atoms with Crippen molar-refractivity contribution in [2.75, 3.05) is 38.3 Å². The Morgan fingerprint density at radius 2 is 2.22 bits per heavy atom. The maximum atomic E-state index is 5.72. The van der Waals surface area contributed by atoms with E-state index >= 15 is 0 Å². The Hall–Kier alpha value is -1.22. The molecule has 18 heavy (non-hydrogen) atoms. The summed E-state index contributed by atoms with van der Waals surface area (Å²) < 4.78 is 10.8. The van der Waals surface area contributed by atoms with Gasteiger partial charge < -0.3 is 14.4 Å². The highest BCUT2D eigenvalue weighted by Crippen LogP contribution is 2.34. The Bertz CT molecular complexity index is 390. The van der Waals surface area contributed by atoms with E-state index in [9.17, 15) is 0 Å². The predicted molar refractivity (Wildman–Crippen MR) is 74.7 cm³/mol. The average Bonchev–Trinajstić information content (AvgIpc) is 2.38. The lowest BCUT2D eigenvalue weighted by molar-refractivity contribution is 0.195. The van der Waals surface area contributed by atoms with Gasteiger partial charge in [0.15, 0.2) is 0 Å². The molecule has 0 spiro atoms. The average molecular weight is 249 g/mol. The second-order valence-electron chi connectivity index (χ2n) is 5.06. The first-order chi connectivity index (χ1) is 8.72. The van der Waals surface area contributed by atoms with Crippen molar-refractivity contribution < 1.29 is 9.47 Å².